The first-order valence-corrected chi connectivity index (χ1v) is 6.01. The summed E-state index contributed by atoms with van der Waals surface area (Å²) in [6.07, 6.45) is 0.160. The molecule has 1 aliphatic heterocycles. The van der Waals surface area contributed by atoms with E-state index in [0.29, 0.717) is 25.6 Å². The van der Waals surface area contributed by atoms with Gasteiger partial charge in [-0.15, -0.1) is 0 Å². The van der Waals surface area contributed by atoms with Crippen LogP contribution in [0.25, 0.3) is 0 Å². The van der Waals surface area contributed by atoms with Gasteiger partial charge < -0.3 is 10.3 Å². The molecule has 0 radical (unpaired) electrons. The van der Waals surface area contributed by atoms with E-state index in [1.807, 2.05) is 0 Å². The van der Waals surface area contributed by atoms with E-state index >= 15 is 0 Å². The molecule has 2 heterocycles. The Morgan fingerprint density at radius 1 is 1.50 bits per heavy atom. The fraction of sp³-hybridized carbons (Fsp3) is 0.727. The van der Waals surface area contributed by atoms with Gasteiger partial charge in [0.2, 0.25) is 0 Å². The Kier molecular flexibility index (Phi) is 4.23. The van der Waals surface area contributed by atoms with Crippen molar-refractivity contribution < 1.29 is 13.2 Å². The van der Waals surface area contributed by atoms with Crippen molar-refractivity contribution in [3.05, 3.63) is 18.2 Å². The van der Waals surface area contributed by atoms with Crippen LogP contribution in [0.15, 0.2) is 12.4 Å². The van der Waals surface area contributed by atoms with Crippen molar-refractivity contribution >= 4 is 0 Å². The number of rotatable bonds is 5. The maximum absolute atomic E-state index is 12.2. The van der Waals surface area contributed by atoms with Gasteiger partial charge in [0, 0.05) is 18.9 Å². The summed E-state index contributed by atoms with van der Waals surface area (Å²) in [6, 6.07) is 0. The number of likely N-dealkylation sites (tertiary alicyclic amines) is 1. The summed E-state index contributed by atoms with van der Waals surface area (Å²) in [5.74, 6) is 1.14. The van der Waals surface area contributed by atoms with Crippen LogP contribution in [0, 0.1) is 5.92 Å². The lowest BCUT2D eigenvalue weighted by atomic mass is 10.1. The molecule has 0 aromatic carbocycles. The Bertz CT molecular complexity index is 350. The summed E-state index contributed by atoms with van der Waals surface area (Å²) in [4.78, 5) is 8.51. The standard InChI is InChI=1S/C11H17F3N4/c12-11(13,14)8-18-4-1-9(7-18)5-15-6-10-16-2-3-17-10/h2-3,9,15H,1,4-8H2,(H,16,17)/t9-/m0/s1. The fourth-order valence-corrected chi connectivity index (χ4v) is 2.27. The summed E-state index contributed by atoms with van der Waals surface area (Å²) in [6.45, 7) is 1.62. The van der Waals surface area contributed by atoms with Crippen molar-refractivity contribution in [2.75, 3.05) is 26.2 Å². The molecule has 0 unspecified atom stereocenters. The summed E-state index contributed by atoms with van der Waals surface area (Å²) in [7, 11) is 0. The zero-order chi connectivity index (χ0) is 13.0. The van der Waals surface area contributed by atoms with Crippen LogP contribution in [0.1, 0.15) is 12.2 Å². The highest BCUT2D eigenvalue weighted by molar-refractivity contribution is 4.86. The van der Waals surface area contributed by atoms with E-state index in [4.69, 9.17) is 0 Å². The second-order valence-electron chi connectivity index (χ2n) is 4.67. The van der Waals surface area contributed by atoms with Gasteiger partial charge >= 0.3 is 6.18 Å². The number of hydrogen-bond acceptors (Lipinski definition) is 3. The maximum Gasteiger partial charge on any atom is 0.401 e. The van der Waals surface area contributed by atoms with Gasteiger partial charge in [-0.25, -0.2) is 4.98 Å². The van der Waals surface area contributed by atoms with E-state index in [1.165, 1.54) is 4.90 Å². The van der Waals surface area contributed by atoms with Gasteiger partial charge in [-0.2, -0.15) is 13.2 Å². The van der Waals surface area contributed by atoms with Crippen molar-refractivity contribution in [1.82, 2.24) is 20.2 Å². The highest BCUT2D eigenvalue weighted by atomic mass is 19.4. The first-order valence-electron chi connectivity index (χ1n) is 6.01. The SMILES string of the molecule is FC(F)(F)CN1CC[C@@H](CNCc2ncc[nH]2)C1. The van der Waals surface area contributed by atoms with Gasteiger partial charge in [-0.3, -0.25) is 4.90 Å². The van der Waals surface area contributed by atoms with E-state index in [0.717, 1.165) is 18.8 Å². The molecule has 1 saturated heterocycles. The van der Waals surface area contributed by atoms with Crippen molar-refractivity contribution in [3.63, 3.8) is 0 Å². The van der Waals surface area contributed by atoms with Crippen LogP contribution >= 0.6 is 0 Å². The molecular formula is C11H17F3N4. The molecule has 102 valence electrons. The van der Waals surface area contributed by atoms with Crippen LogP contribution in [-0.2, 0) is 6.54 Å². The lowest BCUT2D eigenvalue weighted by Crippen LogP contribution is -2.33. The van der Waals surface area contributed by atoms with Gasteiger partial charge in [0.25, 0.3) is 0 Å². The van der Waals surface area contributed by atoms with Crippen molar-refractivity contribution in [3.8, 4) is 0 Å². The third-order valence-electron chi connectivity index (χ3n) is 3.05. The smallest absolute Gasteiger partial charge is 0.348 e. The Balaban J connectivity index is 1.64. The molecule has 4 nitrogen and oxygen atoms in total. The number of aromatic amines is 1. The van der Waals surface area contributed by atoms with Gasteiger partial charge in [-0.1, -0.05) is 0 Å². The molecule has 0 aliphatic carbocycles. The summed E-state index contributed by atoms with van der Waals surface area (Å²) in [5, 5.41) is 3.21. The quantitative estimate of drug-likeness (QED) is 0.842. The van der Waals surface area contributed by atoms with Crippen LogP contribution in [0.3, 0.4) is 0 Å². The van der Waals surface area contributed by atoms with Crippen LogP contribution in [0.2, 0.25) is 0 Å². The van der Waals surface area contributed by atoms with E-state index < -0.39 is 12.7 Å². The molecule has 1 aromatic rings. The van der Waals surface area contributed by atoms with E-state index in [9.17, 15) is 13.2 Å². The first-order chi connectivity index (χ1) is 8.53. The minimum Gasteiger partial charge on any atom is -0.348 e. The zero-order valence-corrected chi connectivity index (χ0v) is 10.0. The van der Waals surface area contributed by atoms with E-state index in [1.54, 1.807) is 12.4 Å². The van der Waals surface area contributed by atoms with Crippen molar-refractivity contribution in [1.29, 1.82) is 0 Å². The van der Waals surface area contributed by atoms with E-state index in [2.05, 4.69) is 15.3 Å². The van der Waals surface area contributed by atoms with Crippen molar-refractivity contribution in [2.45, 2.75) is 19.1 Å². The lowest BCUT2D eigenvalue weighted by Gasteiger charge is -2.17. The average Bonchev–Trinajstić information content (AvgIpc) is 2.88. The molecular weight excluding hydrogens is 245 g/mol. The van der Waals surface area contributed by atoms with Crippen LogP contribution < -0.4 is 5.32 Å². The largest absolute Gasteiger partial charge is 0.401 e. The second kappa shape index (κ2) is 5.71. The second-order valence-corrected chi connectivity index (χ2v) is 4.67. The summed E-state index contributed by atoms with van der Waals surface area (Å²) in [5.41, 5.74) is 0. The lowest BCUT2D eigenvalue weighted by molar-refractivity contribution is -0.143. The summed E-state index contributed by atoms with van der Waals surface area (Å²) < 4.78 is 36.6. The van der Waals surface area contributed by atoms with Gasteiger partial charge in [0.05, 0.1) is 13.1 Å². The monoisotopic (exact) mass is 262 g/mol. The third-order valence-corrected chi connectivity index (χ3v) is 3.05. The van der Waals surface area contributed by atoms with E-state index in [-0.39, 0.29) is 0 Å². The molecule has 0 spiro atoms. The summed E-state index contributed by atoms with van der Waals surface area (Å²) >= 11 is 0. The Labute approximate surface area is 104 Å². The molecule has 1 aromatic heterocycles. The maximum atomic E-state index is 12.2. The average molecular weight is 262 g/mol. The molecule has 1 aliphatic rings. The highest BCUT2D eigenvalue weighted by Crippen LogP contribution is 2.22. The first kappa shape index (κ1) is 13.4. The number of halogens is 3. The Hall–Kier alpha value is -1.08. The number of H-pyrrole nitrogens is 1. The van der Waals surface area contributed by atoms with Crippen molar-refractivity contribution in [2.24, 2.45) is 5.92 Å². The Morgan fingerprint density at radius 3 is 3.00 bits per heavy atom. The molecule has 0 saturated carbocycles. The Morgan fingerprint density at radius 2 is 2.33 bits per heavy atom. The minimum atomic E-state index is -4.09. The van der Waals surface area contributed by atoms with Gasteiger partial charge in [0.15, 0.2) is 0 Å². The highest BCUT2D eigenvalue weighted by Gasteiger charge is 2.34. The molecule has 2 rings (SSSR count). The zero-order valence-electron chi connectivity index (χ0n) is 10.0. The fourth-order valence-electron chi connectivity index (χ4n) is 2.27. The van der Waals surface area contributed by atoms with Gasteiger partial charge in [-0.05, 0) is 25.4 Å². The molecule has 2 N–H and O–H groups in total. The molecule has 0 amide bonds. The topological polar surface area (TPSA) is 44.0 Å². The molecule has 0 bridgehead atoms. The number of nitrogens with zero attached hydrogens (tertiary/aromatic N) is 2. The predicted octanol–water partition coefficient (Wildman–Crippen LogP) is 1.38. The number of nitrogens with one attached hydrogen (secondary N) is 2. The molecule has 7 heteroatoms. The minimum absolute atomic E-state index is 0.294. The van der Waals surface area contributed by atoms with Crippen LogP contribution in [0.4, 0.5) is 13.2 Å². The number of aromatic nitrogens is 2. The number of hydrogen-bond donors (Lipinski definition) is 2. The van der Waals surface area contributed by atoms with Crippen LogP contribution in [0.5, 0.6) is 0 Å². The molecule has 1 atom stereocenters. The number of alkyl halides is 3. The predicted molar refractivity (Wildman–Crippen MR) is 60.9 cm³/mol. The van der Waals surface area contributed by atoms with Gasteiger partial charge in [0.1, 0.15) is 5.82 Å². The molecule has 1 fully saturated rings. The van der Waals surface area contributed by atoms with Crippen LogP contribution in [-0.4, -0.2) is 47.2 Å². The number of imidazole rings is 1. The normalized spacial score (nSPS) is 21.6. The molecule has 18 heavy (non-hydrogen) atoms. The third kappa shape index (κ3) is 4.30.